The highest BCUT2D eigenvalue weighted by atomic mass is 19.3. The van der Waals surface area contributed by atoms with Crippen molar-refractivity contribution < 1.29 is 41.5 Å². The van der Waals surface area contributed by atoms with Gasteiger partial charge in [-0.15, -0.1) is 0 Å². The van der Waals surface area contributed by atoms with Gasteiger partial charge in [0.25, 0.3) is 11.8 Å². The second-order valence-corrected chi connectivity index (χ2v) is 8.27. The van der Waals surface area contributed by atoms with E-state index in [0.717, 1.165) is 27.7 Å². The molecule has 0 bridgehead atoms. The fourth-order valence-corrected chi connectivity index (χ4v) is 3.97. The molecule has 3 heterocycles. The number of benzene rings is 1. The lowest BCUT2D eigenvalue weighted by Gasteiger charge is -2.24. The van der Waals surface area contributed by atoms with Crippen molar-refractivity contribution in [1.82, 2.24) is 15.4 Å². The fourth-order valence-electron chi connectivity index (χ4n) is 3.97. The monoisotopic (exact) mass is 525 g/mol. The number of nitrogens with one attached hydrogen (secondary N) is 1. The zero-order chi connectivity index (χ0) is 26.5. The first-order valence-electron chi connectivity index (χ1n) is 11.3. The van der Waals surface area contributed by atoms with Crippen LogP contribution in [0.1, 0.15) is 5.56 Å². The molecule has 0 saturated carbocycles. The first kappa shape index (κ1) is 26.1. The van der Waals surface area contributed by atoms with E-state index in [2.05, 4.69) is 4.98 Å². The molecule has 1 N–H and O–H groups in total. The molecule has 0 aliphatic carbocycles. The maximum absolute atomic E-state index is 15.1. The summed E-state index contributed by atoms with van der Waals surface area (Å²) in [5, 5.41) is 3.10. The minimum Gasteiger partial charge on any atom is -0.442 e. The Balaban J connectivity index is 1.39. The summed E-state index contributed by atoms with van der Waals surface area (Å²) < 4.78 is 59.8. The van der Waals surface area contributed by atoms with E-state index in [1.54, 1.807) is 24.5 Å². The lowest BCUT2D eigenvalue weighted by atomic mass is 10.2. The minimum absolute atomic E-state index is 0.00713. The van der Waals surface area contributed by atoms with Crippen molar-refractivity contribution in [2.75, 3.05) is 49.1 Å². The Hall–Kier alpha value is -3.94. The zero-order valence-corrected chi connectivity index (χ0v) is 19.4. The Labute approximate surface area is 208 Å². The van der Waals surface area contributed by atoms with Gasteiger partial charge in [0.2, 0.25) is 0 Å². The highest BCUT2D eigenvalue weighted by Crippen LogP contribution is 2.31. The maximum atomic E-state index is 15.1. The van der Waals surface area contributed by atoms with Crippen molar-refractivity contribution in [3.8, 4) is 0 Å². The smallest absolute Gasteiger partial charge is 0.414 e. The van der Waals surface area contributed by atoms with Crippen LogP contribution in [0.3, 0.4) is 0 Å². The van der Waals surface area contributed by atoms with Crippen molar-refractivity contribution in [3.63, 3.8) is 0 Å². The van der Waals surface area contributed by atoms with Gasteiger partial charge in [0, 0.05) is 37.6 Å². The van der Waals surface area contributed by atoms with Gasteiger partial charge in [0.15, 0.2) is 11.6 Å². The van der Waals surface area contributed by atoms with Gasteiger partial charge in [0.1, 0.15) is 11.8 Å². The fraction of sp³-hybridized carbons (Fsp3) is 0.391. The van der Waals surface area contributed by atoms with Gasteiger partial charge in [-0.2, -0.15) is 8.78 Å². The van der Waals surface area contributed by atoms with Crippen molar-refractivity contribution in [2.24, 2.45) is 0 Å². The summed E-state index contributed by atoms with van der Waals surface area (Å²) in [5.74, 6) is -3.73. The molecule has 14 heteroatoms. The Kier molecular flexibility index (Phi) is 8.06. The van der Waals surface area contributed by atoms with Gasteiger partial charge in [-0.1, -0.05) is 0 Å². The molecule has 2 aliphatic heterocycles. The number of anilines is 2. The first-order valence-corrected chi connectivity index (χ1v) is 11.3. The van der Waals surface area contributed by atoms with Crippen LogP contribution in [-0.4, -0.2) is 79.8 Å². The third-order valence-corrected chi connectivity index (χ3v) is 5.77. The number of ether oxygens (including phenoxy) is 1. The number of carbonyl (C=O) groups excluding carboxylic acids is 3. The highest BCUT2D eigenvalue weighted by molar-refractivity contribution is 5.90. The van der Waals surface area contributed by atoms with E-state index in [0.29, 0.717) is 0 Å². The molecule has 10 nitrogen and oxygen atoms in total. The predicted octanol–water partition coefficient (Wildman–Crippen LogP) is 1.89. The van der Waals surface area contributed by atoms with Gasteiger partial charge >= 0.3 is 12.5 Å². The van der Waals surface area contributed by atoms with Crippen LogP contribution in [0.15, 0.2) is 36.7 Å². The van der Waals surface area contributed by atoms with Gasteiger partial charge in [-0.05, 0) is 17.7 Å². The van der Waals surface area contributed by atoms with Crippen LogP contribution in [0.25, 0.3) is 0 Å². The summed E-state index contributed by atoms with van der Waals surface area (Å²) in [6.45, 7) is -0.315. The molecule has 0 unspecified atom stereocenters. The van der Waals surface area contributed by atoms with Crippen molar-refractivity contribution in [1.29, 1.82) is 0 Å². The van der Waals surface area contributed by atoms with Crippen LogP contribution in [0.4, 0.5) is 33.7 Å². The number of pyridine rings is 1. The number of amides is 3. The summed E-state index contributed by atoms with van der Waals surface area (Å²) in [4.78, 5) is 47.5. The number of hydrogen-bond donors (Lipinski definition) is 1. The molecule has 1 aromatic heterocycles. The van der Waals surface area contributed by atoms with Crippen LogP contribution in [0.5, 0.6) is 0 Å². The van der Waals surface area contributed by atoms with Crippen LogP contribution in [-0.2, 0) is 25.6 Å². The Morgan fingerprint density at radius 2 is 1.81 bits per heavy atom. The molecular weight excluding hydrogens is 502 g/mol. The number of hydrogen-bond acceptors (Lipinski definition) is 7. The summed E-state index contributed by atoms with van der Waals surface area (Å²) in [6, 6.07) is 5.31. The molecule has 1 atom stereocenters. The maximum Gasteiger partial charge on any atom is 0.414 e. The summed E-state index contributed by atoms with van der Waals surface area (Å²) in [7, 11) is 0. The van der Waals surface area contributed by atoms with Crippen molar-refractivity contribution >= 4 is 29.3 Å². The number of rotatable bonds is 7. The molecule has 2 aromatic rings. The molecule has 0 radical (unpaired) electrons. The van der Waals surface area contributed by atoms with E-state index < -0.39 is 36.2 Å². The molecule has 37 heavy (non-hydrogen) atoms. The highest BCUT2D eigenvalue weighted by Gasteiger charge is 2.34. The van der Waals surface area contributed by atoms with Gasteiger partial charge in [-0.3, -0.25) is 24.3 Å². The van der Waals surface area contributed by atoms with E-state index in [4.69, 9.17) is 9.57 Å². The Bertz CT molecular complexity index is 1130. The van der Waals surface area contributed by atoms with E-state index in [1.165, 1.54) is 4.90 Å². The lowest BCUT2D eigenvalue weighted by molar-refractivity contribution is -0.181. The molecule has 1 aromatic carbocycles. The van der Waals surface area contributed by atoms with Gasteiger partial charge < -0.3 is 15.0 Å². The van der Waals surface area contributed by atoms with Crippen LogP contribution in [0.2, 0.25) is 0 Å². The summed E-state index contributed by atoms with van der Waals surface area (Å²) >= 11 is 0. The van der Waals surface area contributed by atoms with Gasteiger partial charge in [-0.25, -0.2) is 18.6 Å². The number of carbonyl (C=O) groups is 3. The SMILES string of the molecule is O=C(NC[C@H]1CN(c2cc(F)c(N3CCON(C(=O)Cc4ccncc4)CC3)c(F)c2)C(=O)O1)C(F)F. The Morgan fingerprint density at radius 3 is 2.49 bits per heavy atom. The molecule has 2 aliphatic rings. The third kappa shape index (κ3) is 6.25. The number of cyclic esters (lactones) is 1. The largest absolute Gasteiger partial charge is 0.442 e. The zero-order valence-electron chi connectivity index (χ0n) is 19.4. The van der Waals surface area contributed by atoms with E-state index in [-0.39, 0.29) is 63.0 Å². The van der Waals surface area contributed by atoms with Crippen LogP contribution < -0.4 is 15.1 Å². The standard InChI is InChI=1S/C23H23F4N5O5/c24-17-10-15(31-13-16(37-23(31)35)12-29-22(34)21(26)27)11-18(25)20(17)30-5-6-32(36-8-7-30)19(33)9-14-1-3-28-4-2-14/h1-4,10-11,16,21H,5-9,12-13H2,(H,29,34)/t16-/m0/s1. The molecule has 198 valence electrons. The third-order valence-electron chi connectivity index (χ3n) is 5.77. The topological polar surface area (TPSA) is 104 Å². The predicted molar refractivity (Wildman–Crippen MR) is 121 cm³/mol. The average Bonchev–Trinajstić information content (AvgIpc) is 3.07. The normalized spacial score (nSPS) is 18.1. The van der Waals surface area contributed by atoms with Crippen LogP contribution in [0, 0.1) is 11.6 Å². The van der Waals surface area contributed by atoms with Gasteiger partial charge in [0.05, 0.1) is 38.3 Å². The van der Waals surface area contributed by atoms with Crippen LogP contribution >= 0.6 is 0 Å². The minimum atomic E-state index is -3.22. The van der Waals surface area contributed by atoms with Crippen molar-refractivity contribution in [3.05, 3.63) is 53.9 Å². The molecule has 0 spiro atoms. The Morgan fingerprint density at radius 1 is 1.11 bits per heavy atom. The number of hydroxylamine groups is 2. The molecular formula is C23H23F4N5O5. The molecule has 2 fully saturated rings. The summed E-state index contributed by atoms with van der Waals surface area (Å²) in [5.41, 5.74) is 0.271. The second kappa shape index (κ2) is 11.4. The molecule has 3 amide bonds. The quantitative estimate of drug-likeness (QED) is 0.551. The van der Waals surface area contributed by atoms with E-state index >= 15 is 8.78 Å². The van der Waals surface area contributed by atoms with E-state index in [9.17, 15) is 23.2 Å². The van der Waals surface area contributed by atoms with E-state index in [1.807, 2.05) is 5.32 Å². The lowest BCUT2D eigenvalue weighted by Crippen LogP contribution is -2.37. The average molecular weight is 525 g/mol. The number of aromatic nitrogens is 1. The number of alkyl halides is 2. The number of halogens is 4. The molecule has 4 rings (SSSR count). The van der Waals surface area contributed by atoms with Crippen molar-refractivity contribution in [2.45, 2.75) is 19.0 Å². The molecule has 2 saturated heterocycles. The second-order valence-electron chi connectivity index (χ2n) is 8.27. The summed E-state index contributed by atoms with van der Waals surface area (Å²) in [6.07, 6.45) is -1.92. The first-order chi connectivity index (χ1) is 17.7. The number of nitrogens with zero attached hydrogens (tertiary/aromatic N) is 4.